The number of hydrogen-bond donors (Lipinski definition) is 2. The van der Waals surface area contributed by atoms with E-state index in [1.807, 2.05) is 24.3 Å². The van der Waals surface area contributed by atoms with Gasteiger partial charge in [0.1, 0.15) is 0 Å². The summed E-state index contributed by atoms with van der Waals surface area (Å²) in [5.41, 5.74) is 7.88. The van der Waals surface area contributed by atoms with E-state index in [0.29, 0.717) is 5.92 Å². The SMILES string of the molecule is CC(C)c1ccccc1C(CN)NS(=O)(=O)C(C)(C)C. The maximum atomic E-state index is 12.3. The van der Waals surface area contributed by atoms with Crippen LogP contribution in [0.2, 0.25) is 0 Å². The van der Waals surface area contributed by atoms with Crippen LogP contribution < -0.4 is 10.5 Å². The number of nitrogens with two attached hydrogens (primary N) is 1. The molecular weight excluding hydrogens is 272 g/mol. The second-order valence-electron chi connectivity index (χ2n) is 6.31. The predicted octanol–water partition coefficient (Wildman–Crippen LogP) is 2.53. The molecule has 0 aliphatic rings. The van der Waals surface area contributed by atoms with Crippen LogP contribution in [0.3, 0.4) is 0 Å². The molecule has 1 unspecified atom stereocenters. The van der Waals surface area contributed by atoms with Gasteiger partial charge in [-0.25, -0.2) is 13.1 Å². The van der Waals surface area contributed by atoms with Gasteiger partial charge in [0.25, 0.3) is 0 Å². The maximum absolute atomic E-state index is 12.3. The molecule has 1 aromatic rings. The van der Waals surface area contributed by atoms with Crippen molar-refractivity contribution in [1.82, 2.24) is 4.72 Å². The van der Waals surface area contributed by atoms with E-state index in [9.17, 15) is 8.42 Å². The van der Waals surface area contributed by atoms with Crippen molar-refractivity contribution in [3.8, 4) is 0 Å². The summed E-state index contributed by atoms with van der Waals surface area (Å²) in [5, 5.41) is 0. The molecule has 0 fully saturated rings. The Kier molecular flexibility index (Phi) is 5.35. The highest BCUT2D eigenvalue weighted by Crippen LogP contribution is 2.26. The maximum Gasteiger partial charge on any atom is 0.217 e. The molecule has 0 heterocycles. The molecule has 3 N–H and O–H groups in total. The third-order valence-electron chi connectivity index (χ3n) is 3.33. The summed E-state index contributed by atoms with van der Waals surface area (Å²) in [5.74, 6) is 0.319. The Morgan fingerprint density at radius 2 is 1.65 bits per heavy atom. The van der Waals surface area contributed by atoms with Crippen molar-refractivity contribution in [1.29, 1.82) is 0 Å². The molecule has 0 bridgehead atoms. The van der Waals surface area contributed by atoms with E-state index in [0.717, 1.165) is 11.1 Å². The van der Waals surface area contributed by atoms with Crippen LogP contribution in [0.1, 0.15) is 57.7 Å². The molecule has 1 atom stereocenters. The summed E-state index contributed by atoms with van der Waals surface area (Å²) >= 11 is 0. The summed E-state index contributed by atoms with van der Waals surface area (Å²) < 4.78 is 26.5. The van der Waals surface area contributed by atoms with Crippen LogP contribution in [0.25, 0.3) is 0 Å². The minimum atomic E-state index is -3.43. The normalized spacial score (nSPS) is 14.6. The zero-order valence-electron chi connectivity index (χ0n) is 13.0. The van der Waals surface area contributed by atoms with E-state index in [1.54, 1.807) is 20.8 Å². The Bertz CT molecular complexity index is 545. The van der Waals surface area contributed by atoms with Gasteiger partial charge in [0.05, 0.1) is 10.8 Å². The first-order chi connectivity index (χ1) is 9.10. The number of sulfonamides is 1. The van der Waals surface area contributed by atoms with Crippen LogP contribution in [-0.2, 0) is 10.0 Å². The number of benzene rings is 1. The molecule has 0 aliphatic heterocycles. The van der Waals surface area contributed by atoms with Gasteiger partial charge < -0.3 is 5.73 Å². The van der Waals surface area contributed by atoms with Crippen molar-refractivity contribution in [3.63, 3.8) is 0 Å². The van der Waals surface area contributed by atoms with Crippen molar-refractivity contribution < 1.29 is 8.42 Å². The van der Waals surface area contributed by atoms with Crippen molar-refractivity contribution in [2.75, 3.05) is 6.54 Å². The summed E-state index contributed by atoms with van der Waals surface area (Å²) in [4.78, 5) is 0. The van der Waals surface area contributed by atoms with Gasteiger partial charge >= 0.3 is 0 Å². The van der Waals surface area contributed by atoms with Crippen molar-refractivity contribution in [3.05, 3.63) is 35.4 Å². The first-order valence-electron chi connectivity index (χ1n) is 6.91. The molecule has 0 saturated carbocycles. The zero-order chi connectivity index (χ0) is 15.6. The quantitative estimate of drug-likeness (QED) is 0.877. The Morgan fingerprint density at radius 1 is 1.15 bits per heavy atom. The fourth-order valence-electron chi connectivity index (χ4n) is 1.96. The van der Waals surface area contributed by atoms with Crippen LogP contribution in [-0.4, -0.2) is 19.7 Å². The lowest BCUT2D eigenvalue weighted by molar-refractivity contribution is 0.524. The van der Waals surface area contributed by atoms with E-state index >= 15 is 0 Å². The third kappa shape index (κ3) is 3.81. The van der Waals surface area contributed by atoms with Gasteiger partial charge in [0.2, 0.25) is 10.0 Å². The smallest absolute Gasteiger partial charge is 0.217 e. The largest absolute Gasteiger partial charge is 0.329 e. The van der Waals surface area contributed by atoms with E-state index in [-0.39, 0.29) is 6.54 Å². The molecule has 0 aromatic heterocycles. The second kappa shape index (κ2) is 6.24. The summed E-state index contributed by atoms with van der Waals surface area (Å²) in [6.07, 6.45) is 0. The van der Waals surface area contributed by atoms with Gasteiger partial charge in [0.15, 0.2) is 0 Å². The van der Waals surface area contributed by atoms with Gasteiger partial charge in [0, 0.05) is 6.54 Å². The first kappa shape index (κ1) is 17.1. The van der Waals surface area contributed by atoms with E-state index in [4.69, 9.17) is 5.73 Å². The highest BCUT2D eigenvalue weighted by atomic mass is 32.2. The zero-order valence-corrected chi connectivity index (χ0v) is 13.8. The second-order valence-corrected chi connectivity index (χ2v) is 8.77. The van der Waals surface area contributed by atoms with Crippen molar-refractivity contribution in [2.45, 2.75) is 51.3 Å². The molecule has 0 aliphatic carbocycles. The molecule has 0 saturated heterocycles. The average molecular weight is 298 g/mol. The van der Waals surface area contributed by atoms with Crippen LogP contribution >= 0.6 is 0 Å². The van der Waals surface area contributed by atoms with E-state index in [1.165, 1.54) is 0 Å². The van der Waals surface area contributed by atoms with Gasteiger partial charge in [-0.2, -0.15) is 0 Å². The minimum absolute atomic E-state index is 0.235. The lowest BCUT2D eigenvalue weighted by Gasteiger charge is -2.26. The Labute approximate surface area is 122 Å². The Balaban J connectivity index is 3.17. The molecule has 0 radical (unpaired) electrons. The molecule has 0 spiro atoms. The topological polar surface area (TPSA) is 72.2 Å². The van der Waals surface area contributed by atoms with Crippen LogP contribution in [0.5, 0.6) is 0 Å². The molecule has 1 rings (SSSR count). The predicted molar refractivity (Wildman–Crippen MR) is 84.1 cm³/mol. The fourth-order valence-corrected chi connectivity index (χ4v) is 2.91. The molecule has 1 aromatic carbocycles. The highest BCUT2D eigenvalue weighted by molar-refractivity contribution is 7.90. The lowest BCUT2D eigenvalue weighted by atomic mass is 9.93. The summed E-state index contributed by atoms with van der Waals surface area (Å²) in [7, 11) is -3.43. The fraction of sp³-hybridized carbons (Fsp3) is 0.600. The summed E-state index contributed by atoms with van der Waals surface area (Å²) in [6, 6.07) is 7.45. The molecule has 5 heteroatoms. The van der Waals surface area contributed by atoms with Crippen LogP contribution in [0.4, 0.5) is 0 Å². The Hall–Kier alpha value is -0.910. The number of nitrogens with one attached hydrogen (secondary N) is 1. The molecule has 4 nitrogen and oxygen atoms in total. The van der Waals surface area contributed by atoms with E-state index in [2.05, 4.69) is 18.6 Å². The molecule has 0 amide bonds. The Morgan fingerprint density at radius 3 is 2.05 bits per heavy atom. The van der Waals surface area contributed by atoms with Crippen LogP contribution in [0, 0.1) is 0 Å². The molecule has 20 heavy (non-hydrogen) atoms. The summed E-state index contributed by atoms with van der Waals surface area (Å²) in [6.45, 7) is 9.44. The minimum Gasteiger partial charge on any atom is -0.329 e. The van der Waals surface area contributed by atoms with Gasteiger partial charge in [-0.15, -0.1) is 0 Å². The number of hydrogen-bond acceptors (Lipinski definition) is 3. The first-order valence-corrected chi connectivity index (χ1v) is 8.39. The van der Waals surface area contributed by atoms with Crippen molar-refractivity contribution in [2.24, 2.45) is 5.73 Å². The van der Waals surface area contributed by atoms with Gasteiger partial charge in [-0.1, -0.05) is 38.1 Å². The monoisotopic (exact) mass is 298 g/mol. The highest BCUT2D eigenvalue weighted by Gasteiger charge is 2.31. The average Bonchev–Trinajstić information content (AvgIpc) is 2.34. The molecular formula is C15H26N2O2S. The number of rotatable bonds is 5. The molecule has 114 valence electrons. The van der Waals surface area contributed by atoms with Crippen LogP contribution in [0.15, 0.2) is 24.3 Å². The standard InChI is InChI=1S/C15H26N2O2S/c1-11(2)12-8-6-7-9-13(12)14(10-16)17-20(18,19)15(3,4)5/h6-9,11,14,17H,10,16H2,1-5H3. The van der Waals surface area contributed by atoms with E-state index < -0.39 is 20.8 Å². The third-order valence-corrected chi connectivity index (χ3v) is 5.54. The lowest BCUT2D eigenvalue weighted by Crippen LogP contribution is -2.43. The van der Waals surface area contributed by atoms with Gasteiger partial charge in [-0.3, -0.25) is 0 Å². The van der Waals surface area contributed by atoms with Crippen molar-refractivity contribution >= 4 is 10.0 Å². The van der Waals surface area contributed by atoms with Gasteiger partial charge in [-0.05, 0) is 37.8 Å².